The summed E-state index contributed by atoms with van der Waals surface area (Å²) in [5.74, 6) is 3.60. The van der Waals surface area contributed by atoms with Crippen molar-refractivity contribution in [2.24, 2.45) is 0 Å². The van der Waals surface area contributed by atoms with Crippen molar-refractivity contribution in [3.8, 4) is 0 Å². The van der Waals surface area contributed by atoms with E-state index in [-0.39, 0.29) is 0 Å². The molecule has 1 aliphatic heterocycles. The Labute approximate surface area is 108 Å². The number of nitrogens with one attached hydrogen (secondary N) is 1. The smallest absolute Gasteiger partial charge is 0.133 e. The summed E-state index contributed by atoms with van der Waals surface area (Å²) >= 11 is 2.03. The van der Waals surface area contributed by atoms with Gasteiger partial charge in [0.1, 0.15) is 5.82 Å². The molecule has 2 heterocycles. The predicted octanol–water partition coefficient (Wildman–Crippen LogP) is 2.31. The van der Waals surface area contributed by atoms with E-state index < -0.39 is 0 Å². The van der Waals surface area contributed by atoms with E-state index in [1.165, 1.54) is 22.9 Å². The number of pyridine rings is 1. The number of nitrogens with zero attached hydrogens (tertiary/aromatic N) is 2. The highest BCUT2D eigenvalue weighted by molar-refractivity contribution is 7.99. The lowest BCUT2D eigenvalue weighted by Gasteiger charge is -2.30. The van der Waals surface area contributed by atoms with Crippen LogP contribution in [0.5, 0.6) is 0 Å². The monoisotopic (exact) mass is 251 g/mol. The van der Waals surface area contributed by atoms with Crippen molar-refractivity contribution >= 4 is 17.6 Å². The van der Waals surface area contributed by atoms with Crippen molar-refractivity contribution in [3.05, 3.63) is 23.9 Å². The summed E-state index contributed by atoms with van der Waals surface area (Å²) in [6, 6.07) is 4.60. The third kappa shape index (κ3) is 3.13. The van der Waals surface area contributed by atoms with Crippen LogP contribution >= 0.6 is 11.8 Å². The first-order valence-electron chi connectivity index (χ1n) is 6.34. The lowest BCUT2D eigenvalue weighted by atomic mass is 10.1. The molecule has 1 saturated heterocycles. The first kappa shape index (κ1) is 12.7. The van der Waals surface area contributed by atoms with Crippen LogP contribution < -0.4 is 10.2 Å². The van der Waals surface area contributed by atoms with Gasteiger partial charge in [0.25, 0.3) is 0 Å². The van der Waals surface area contributed by atoms with Gasteiger partial charge in [0, 0.05) is 42.4 Å². The Morgan fingerprint density at radius 2 is 2.24 bits per heavy atom. The molecule has 0 amide bonds. The minimum atomic E-state index is 0.373. The molecule has 4 heteroatoms. The quantitative estimate of drug-likeness (QED) is 0.889. The first-order chi connectivity index (χ1) is 8.33. The van der Waals surface area contributed by atoms with Gasteiger partial charge in [0.2, 0.25) is 0 Å². The van der Waals surface area contributed by atoms with Crippen molar-refractivity contribution in [1.82, 2.24) is 10.3 Å². The van der Waals surface area contributed by atoms with Crippen LogP contribution in [0.2, 0.25) is 0 Å². The summed E-state index contributed by atoms with van der Waals surface area (Å²) in [6.07, 6.45) is 1.90. The Kier molecular flexibility index (Phi) is 4.68. The van der Waals surface area contributed by atoms with Crippen molar-refractivity contribution in [1.29, 1.82) is 0 Å². The molecule has 0 spiro atoms. The second-order valence-electron chi connectivity index (χ2n) is 4.30. The molecule has 1 atom stereocenters. The highest BCUT2D eigenvalue weighted by atomic mass is 32.2. The van der Waals surface area contributed by atoms with Gasteiger partial charge in [-0.05, 0) is 19.5 Å². The molecule has 94 valence electrons. The maximum atomic E-state index is 4.58. The van der Waals surface area contributed by atoms with E-state index in [0.717, 1.165) is 19.6 Å². The maximum absolute atomic E-state index is 4.58. The number of rotatable bonds is 4. The Hall–Kier alpha value is -0.740. The largest absolute Gasteiger partial charge is 0.355 e. The fourth-order valence-electron chi connectivity index (χ4n) is 2.20. The zero-order chi connectivity index (χ0) is 12.1. The molecular formula is C13H21N3S. The molecule has 1 aliphatic rings. The normalized spacial score (nSPS) is 18.1. The van der Waals surface area contributed by atoms with Crippen molar-refractivity contribution < 1.29 is 0 Å². The van der Waals surface area contributed by atoms with Gasteiger partial charge in [0.15, 0.2) is 0 Å². The number of hydrogen-bond acceptors (Lipinski definition) is 4. The van der Waals surface area contributed by atoms with Crippen molar-refractivity contribution in [2.75, 3.05) is 36.0 Å². The average Bonchev–Trinajstić information content (AvgIpc) is 2.40. The summed E-state index contributed by atoms with van der Waals surface area (Å²) in [7, 11) is 0. The summed E-state index contributed by atoms with van der Waals surface area (Å²) < 4.78 is 0. The van der Waals surface area contributed by atoms with Crippen LogP contribution in [-0.4, -0.2) is 36.1 Å². The third-order valence-electron chi connectivity index (χ3n) is 3.10. The van der Waals surface area contributed by atoms with Gasteiger partial charge in [-0.3, -0.25) is 0 Å². The number of anilines is 1. The van der Waals surface area contributed by atoms with E-state index in [1.54, 1.807) is 0 Å². The van der Waals surface area contributed by atoms with Crippen LogP contribution in [0, 0.1) is 0 Å². The van der Waals surface area contributed by atoms with Gasteiger partial charge in [-0.2, -0.15) is 11.8 Å². The van der Waals surface area contributed by atoms with Crippen LogP contribution in [0.25, 0.3) is 0 Å². The van der Waals surface area contributed by atoms with Gasteiger partial charge in [-0.1, -0.05) is 13.0 Å². The van der Waals surface area contributed by atoms with Crippen LogP contribution in [0.1, 0.15) is 25.5 Å². The Morgan fingerprint density at radius 1 is 1.47 bits per heavy atom. The summed E-state index contributed by atoms with van der Waals surface area (Å²) in [4.78, 5) is 7.00. The molecule has 0 aliphatic carbocycles. The molecule has 3 nitrogen and oxygen atoms in total. The molecule has 0 bridgehead atoms. The summed E-state index contributed by atoms with van der Waals surface area (Å²) in [5.41, 5.74) is 1.32. The lowest BCUT2D eigenvalue weighted by Crippen LogP contribution is -2.34. The zero-order valence-electron chi connectivity index (χ0n) is 10.6. The fraction of sp³-hybridized carbons (Fsp3) is 0.615. The topological polar surface area (TPSA) is 28.2 Å². The standard InChI is InChI=1S/C13H21N3S/c1-3-14-11(2)12-5-4-6-15-13(12)16-7-9-17-10-8-16/h4-6,11,14H,3,7-10H2,1-2H3. The number of thioether (sulfide) groups is 1. The first-order valence-corrected chi connectivity index (χ1v) is 7.49. The second kappa shape index (κ2) is 6.26. The van der Waals surface area contributed by atoms with Gasteiger partial charge in [-0.15, -0.1) is 0 Å². The minimum absolute atomic E-state index is 0.373. The summed E-state index contributed by atoms with van der Waals surface area (Å²) in [6.45, 7) is 7.58. The molecule has 0 radical (unpaired) electrons. The van der Waals surface area contributed by atoms with E-state index in [1.807, 2.05) is 24.0 Å². The lowest BCUT2D eigenvalue weighted by molar-refractivity contribution is 0.593. The minimum Gasteiger partial charge on any atom is -0.355 e. The molecule has 1 fully saturated rings. The molecule has 1 unspecified atom stereocenters. The molecule has 2 rings (SSSR count). The highest BCUT2D eigenvalue weighted by Crippen LogP contribution is 2.25. The molecule has 0 saturated carbocycles. The van der Waals surface area contributed by atoms with E-state index in [0.29, 0.717) is 6.04 Å². The third-order valence-corrected chi connectivity index (χ3v) is 4.05. The second-order valence-corrected chi connectivity index (χ2v) is 5.52. The molecule has 17 heavy (non-hydrogen) atoms. The predicted molar refractivity (Wildman–Crippen MR) is 75.9 cm³/mol. The van der Waals surface area contributed by atoms with Crippen LogP contribution in [-0.2, 0) is 0 Å². The van der Waals surface area contributed by atoms with E-state index in [2.05, 4.69) is 35.1 Å². The SMILES string of the molecule is CCNC(C)c1cccnc1N1CCSCC1. The van der Waals surface area contributed by atoms with Gasteiger partial charge < -0.3 is 10.2 Å². The molecule has 1 aromatic rings. The molecule has 1 N–H and O–H groups in total. The zero-order valence-corrected chi connectivity index (χ0v) is 11.5. The number of aromatic nitrogens is 1. The fourth-order valence-corrected chi connectivity index (χ4v) is 3.11. The van der Waals surface area contributed by atoms with E-state index >= 15 is 0 Å². The number of hydrogen-bond donors (Lipinski definition) is 1. The van der Waals surface area contributed by atoms with Gasteiger partial charge in [0.05, 0.1) is 0 Å². The Bertz CT molecular complexity index is 350. The molecule has 0 aromatic carbocycles. The van der Waals surface area contributed by atoms with Crippen LogP contribution in [0.3, 0.4) is 0 Å². The van der Waals surface area contributed by atoms with Gasteiger partial charge in [-0.25, -0.2) is 4.98 Å². The van der Waals surface area contributed by atoms with E-state index in [9.17, 15) is 0 Å². The Morgan fingerprint density at radius 3 is 2.94 bits per heavy atom. The highest BCUT2D eigenvalue weighted by Gasteiger charge is 2.18. The average molecular weight is 251 g/mol. The Balaban J connectivity index is 2.19. The molecule has 1 aromatic heterocycles. The van der Waals surface area contributed by atoms with Crippen molar-refractivity contribution in [2.45, 2.75) is 19.9 Å². The summed E-state index contributed by atoms with van der Waals surface area (Å²) in [5, 5.41) is 3.47. The van der Waals surface area contributed by atoms with E-state index in [4.69, 9.17) is 0 Å². The van der Waals surface area contributed by atoms with Crippen molar-refractivity contribution in [3.63, 3.8) is 0 Å². The maximum Gasteiger partial charge on any atom is 0.133 e. The van der Waals surface area contributed by atoms with Crippen LogP contribution in [0.15, 0.2) is 18.3 Å². The van der Waals surface area contributed by atoms with Gasteiger partial charge >= 0.3 is 0 Å². The van der Waals surface area contributed by atoms with Crippen LogP contribution in [0.4, 0.5) is 5.82 Å². The molecular weight excluding hydrogens is 230 g/mol.